The van der Waals surface area contributed by atoms with Crippen LogP contribution in [0.1, 0.15) is 15.9 Å². The molecule has 0 amide bonds. The maximum Gasteiger partial charge on any atom is 0.177 e. The first kappa shape index (κ1) is 13.3. The zero-order valence-corrected chi connectivity index (χ0v) is 11.1. The normalized spacial score (nSPS) is 17.1. The van der Waals surface area contributed by atoms with E-state index in [0.717, 1.165) is 0 Å². The van der Waals surface area contributed by atoms with Crippen LogP contribution in [0, 0.1) is 5.92 Å². The van der Waals surface area contributed by atoms with E-state index >= 15 is 0 Å². The van der Waals surface area contributed by atoms with Crippen LogP contribution in [0.2, 0.25) is 0 Å². The largest absolute Gasteiger partial charge is 0.507 e. The summed E-state index contributed by atoms with van der Waals surface area (Å²) in [5.41, 5.74) is 0.919. The highest BCUT2D eigenvalue weighted by molar-refractivity contribution is 6.03. The molecule has 3 N–H and O–H groups in total. The molecule has 108 valence electrons. The molecule has 0 radical (unpaired) electrons. The lowest BCUT2D eigenvalue weighted by Crippen LogP contribution is -2.29. The van der Waals surface area contributed by atoms with Crippen molar-refractivity contribution in [1.29, 1.82) is 0 Å². The van der Waals surface area contributed by atoms with Gasteiger partial charge in [0.1, 0.15) is 17.1 Å². The van der Waals surface area contributed by atoms with Crippen LogP contribution < -0.4 is 4.74 Å². The van der Waals surface area contributed by atoms with Gasteiger partial charge in [0.15, 0.2) is 17.3 Å². The molecule has 5 nitrogen and oxygen atoms in total. The van der Waals surface area contributed by atoms with E-state index in [1.165, 1.54) is 18.2 Å². The highest BCUT2D eigenvalue weighted by Crippen LogP contribution is 2.35. The Hall–Kier alpha value is -2.69. The Morgan fingerprint density at radius 2 is 1.86 bits per heavy atom. The zero-order valence-electron chi connectivity index (χ0n) is 11.1. The van der Waals surface area contributed by atoms with Gasteiger partial charge in [-0.3, -0.25) is 4.79 Å². The third-order valence-electron chi connectivity index (χ3n) is 3.58. The summed E-state index contributed by atoms with van der Waals surface area (Å²) in [6, 6.07) is 9.17. The Labute approximate surface area is 121 Å². The molecule has 0 aliphatic carbocycles. The summed E-state index contributed by atoms with van der Waals surface area (Å²) < 4.78 is 5.52. The zero-order chi connectivity index (χ0) is 15.0. The van der Waals surface area contributed by atoms with Crippen LogP contribution >= 0.6 is 0 Å². The fourth-order valence-corrected chi connectivity index (χ4v) is 2.49. The molecule has 0 aromatic heterocycles. The molecule has 0 fully saturated rings. The molecule has 0 saturated heterocycles. The van der Waals surface area contributed by atoms with E-state index in [9.17, 15) is 20.1 Å². The Kier molecular flexibility index (Phi) is 3.17. The van der Waals surface area contributed by atoms with Crippen molar-refractivity contribution < 1.29 is 24.9 Å². The van der Waals surface area contributed by atoms with E-state index in [-0.39, 0.29) is 35.2 Å². The van der Waals surface area contributed by atoms with E-state index < -0.39 is 5.92 Å². The van der Waals surface area contributed by atoms with Gasteiger partial charge in [-0.1, -0.05) is 12.1 Å². The summed E-state index contributed by atoms with van der Waals surface area (Å²) in [6.45, 7) is 0.219. The number of ether oxygens (including phenoxy) is 1. The molecular weight excluding hydrogens is 272 g/mol. The number of phenols is 3. The molecule has 2 aromatic carbocycles. The van der Waals surface area contributed by atoms with E-state index in [1.807, 2.05) is 0 Å². The minimum atomic E-state index is -0.435. The summed E-state index contributed by atoms with van der Waals surface area (Å²) in [5, 5.41) is 28.6. The van der Waals surface area contributed by atoms with Gasteiger partial charge in [-0.15, -0.1) is 0 Å². The second-order valence-electron chi connectivity index (χ2n) is 5.05. The predicted octanol–water partition coefficient (Wildman–Crippen LogP) is 2.24. The van der Waals surface area contributed by atoms with Gasteiger partial charge in [0.05, 0.1) is 12.5 Å². The van der Waals surface area contributed by atoms with Crippen LogP contribution in [0.4, 0.5) is 0 Å². The van der Waals surface area contributed by atoms with Crippen molar-refractivity contribution in [2.24, 2.45) is 5.92 Å². The van der Waals surface area contributed by atoms with Gasteiger partial charge in [-0.2, -0.15) is 0 Å². The second kappa shape index (κ2) is 5.01. The molecule has 1 aliphatic heterocycles. The van der Waals surface area contributed by atoms with Crippen LogP contribution in [0.5, 0.6) is 23.0 Å². The molecule has 1 unspecified atom stereocenters. The van der Waals surface area contributed by atoms with Crippen molar-refractivity contribution in [2.45, 2.75) is 6.42 Å². The first-order valence-corrected chi connectivity index (χ1v) is 6.56. The topological polar surface area (TPSA) is 87.0 Å². The number of Topliss-reactive ketones (excluding diaryl/α,β-unsaturated/α-hetero) is 1. The molecule has 0 saturated carbocycles. The molecule has 1 heterocycles. The summed E-state index contributed by atoms with van der Waals surface area (Å²) in [6.07, 6.45) is 0.362. The number of benzene rings is 2. The standard InChI is InChI=1S/C16H14O5/c17-11-5-4-9(7-13(11)19)6-10-8-21-14-3-1-2-12(18)15(14)16(10)20/h1-5,7,10,17-19H,6,8H2. The molecule has 5 heteroatoms. The molecule has 2 aromatic rings. The number of carbonyl (C=O) groups is 1. The summed E-state index contributed by atoms with van der Waals surface area (Å²) in [7, 11) is 0. The minimum Gasteiger partial charge on any atom is -0.507 e. The summed E-state index contributed by atoms with van der Waals surface area (Å²) >= 11 is 0. The maximum absolute atomic E-state index is 12.4. The second-order valence-corrected chi connectivity index (χ2v) is 5.05. The Morgan fingerprint density at radius 1 is 1.05 bits per heavy atom. The van der Waals surface area contributed by atoms with Gasteiger partial charge in [0, 0.05) is 0 Å². The smallest absolute Gasteiger partial charge is 0.177 e. The molecule has 1 aliphatic rings. The number of phenolic OH excluding ortho intramolecular Hbond substituents is 3. The lowest BCUT2D eigenvalue weighted by molar-refractivity contribution is 0.0826. The van der Waals surface area contributed by atoms with Crippen LogP contribution in [0.25, 0.3) is 0 Å². The monoisotopic (exact) mass is 286 g/mol. The van der Waals surface area contributed by atoms with E-state index in [1.54, 1.807) is 18.2 Å². The van der Waals surface area contributed by atoms with Crippen LogP contribution in [-0.2, 0) is 6.42 Å². The van der Waals surface area contributed by atoms with Crippen molar-refractivity contribution in [2.75, 3.05) is 6.61 Å². The SMILES string of the molecule is O=C1c2c(O)cccc2OCC1Cc1ccc(O)c(O)c1. The number of rotatable bonds is 2. The van der Waals surface area contributed by atoms with Crippen molar-refractivity contribution in [3.8, 4) is 23.0 Å². The van der Waals surface area contributed by atoms with Gasteiger partial charge in [0.2, 0.25) is 0 Å². The van der Waals surface area contributed by atoms with Crippen molar-refractivity contribution >= 4 is 5.78 Å². The summed E-state index contributed by atoms with van der Waals surface area (Å²) in [4.78, 5) is 12.4. The predicted molar refractivity (Wildman–Crippen MR) is 74.9 cm³/mol. The maximum atomic E-state index is 12.4. The van der Waals surface area contributed by atoms with E-state index in [2.05, 4.69) is 0 Å². The van der Waals surface area contributed by atoms with Gasteiger partial charge in [-0.05, 0) is 36.2 Å². The molecule has 0 spiro atoms. The average molecular weight is 286 g/mol. The number of carbonyl (C=O) groups excluding carboxylic acids is 1. The van der Waals surface area contributed by atoms with Crippen LogP contribution in [0.15, 0.2) is 36.4 Å². The van der Waals surface area contributed by atoms with Gasteiger partial charge in [-0.25, -0.2) is 0 Å². The van der Waals surface area contributed by atoms with Gasteiger partial charge < -0.3 is 20.1 Å². The van der Waals surface area contributed by atoms with E-state index in [0.29, 0.717) is 17.7 Å². The van der Waals surface area contributed by atoms with Crippen LogP contribution in [-0.4, -0.2) is 27.7 Å². The van der Waals surface area contributed by atoms with Crippen molar-refractivity contribution in [3.63, 3.8) is 0 Å². The molecular formula is C16H14O5. The third kappa shape index (κ3) is 2.38. The Balaban J connectivity index is 1.86. The lowest BCUT2D eigenvalue weighted by atomic mass is 9.89. The first-order valence-electron chi connectivity index (χ1n) is 6.56. The molecule has 1 atom stereocenters. The number of fused-ring (bicyclic) bond motifs is 1. The highest BCUT2D eigenvalue weighted by Gasteiger charge is 2.31. The fourth-order valence-electron chi connectivity index (χ4n) is 2.49. The lowest BCUT2D eigenvalue weighted by Gasteiger charge is -2.24. The number of ketones is 1. The Morgan fingerprint density at radius 3 is 2.62 bits per heavy atom. The van der Waals surface area contributed by atoms with E-state index in [4.69, 9.17) is 4.74 Å². The first-order chi connectivity index (χ1) is 10.1. The molecule has 21 heavy (non-hydrogen) atoms. The van der Waals surface area contributed by atoms with Crippen molar-refractivity contribution in [1.82, 2.24) is 0 Å². The Bertz CT molecular complexity index is 708. The quantitative estimate of drug-likeness (QED) is 0.737. The van der Waals surface area contributed by atoms with Crippen LogP contribution in [0.3, 0.4) is 0 Å². The van der Waals surface area contributed by atoms with Gasteiger partial charge in [0.25, 0.3) is 0 Å². The number of aromatic hydroxyl groups is 3. The molecule has 0 bridgehead atoms. The minimum absolute atomic E-state index is 0.0873. The summed E-state index contributed by atoms with van der Waals surface area (Å²) in [5.74, 6) is -0.731. The third-order valence-corrected chi connectivity index (χ3v) is 3.58. The number of hydrogen-bond donors (Lipinski definition) is 3. The highest BCUT2D eigenvalue weighted by atomic mass is 16.5. The molecule has 3 rings (SSSR count). The average Bonchev–Trinajstić information content (AvgIpc) is 2.46. The number of hydrogen-bond acceptors (Lipinski definition) is 5. The van der Waals surface area contributed by atoms with Crippen molar-refractivity contribution in [3.05, 3.63) is 47.5 Å². The fraction of sp³-hybridized carbons (Fsp3) is 0.188. The van der Waals surface area contributed by atoms with Gasteiger partial charge >= 0.3 is 0 Å².